The van der Waals surface area contributed by atoms with E-state index in [4.69, 9.17) is 4.74 Å². The number of carbonyl (C=O) groups is 1. The van der Waals surface area contributed by atoms with Gasteiger partial charge in [0.25, 0.3) is 5.91 Å². The van der Waals surface area contributed by atoms with E-state index in [9.17, 15) is 4.79 Å². The van der Waals surface area contributed by atoms with Crippen molar-refractivity contribution in [1.29, 1.82) is 0 Å². The Morgan fingerprint density at radius 3 is 2.35 bits per heavy atom. The SMILES string of the molecule is C=C(C)C(=O)n1c(-c2ccc(OC)cc2)c(C)c2ccccc21. The van der Waals surface area contributed by atoms with Crippen LogP contribution >= 0.6 is 0 Å². The van der Waals surface area contributed by atoms with Crippen LogP contribution in [0.15, 0.2) is 60.7 Å². The quantitative estimate of drug-likeness (QED) is 0.648. The van der Waals surface area contributed by atoms with Gasteiger partial charge in [0.15, 0.2) is 0 Å². The molecule has 23 heavy (non-hydrogen) atoms. The summed E-state index contributed by atoms with van der Waals surface area (Å²) >= 11 is 0. The summed E-state index contributed by atoms with van der Waals surface area (Å²) in [5, 5.41) is 1.08. The van der Waals surface area contributed by atoms with E-state index < -0.39 is 0 Å². The van der Waals surface area contributed by atoms with Crippen molar-refractivity contribution in [2.75, 3.05) is 7.11 Å². The number of aryl methyl sites for hydroxylation is 1. The summed E-state index contributed by atoms with van der Waals surface area (Å²) < 4.78 is 6.98. The second kappa shape index (κ2) is 5.76. The van der Waals surface area contributed by atoms with Gasteiger partial charge in [0, 0.05) is 11.0 Å². The molecule has 0 aliphatic rings. The molecule has 1 aromatic heterocycles. The zero-order valence-electron chi connectivity index (χ0n) is 13.6. The Morgan fingerprint density at radius 2 is 1.74 bits per heavy atom. The van der Waals surface area contributed by atoms with Gasteiger partial charge in [-0.2, -0.15) is 0 Å². The van der Waals surface area contributed by atoms with Crippen LogP contribution < -0.4 is 4.74 Å². The highest BCUT2D eigenvalue weighted by Gasteiger charge is 2.20. The second-order valence-electron chi connectivity index (χ2n) is 5.64. The fourth-order valence-corrected chi connectivity index (χ4v) is 2.90. The first-order valence-corrected chi connectivity index (χ1v) is 7.49. The summed E-state index contributed by atoms with van der Waals surface area (Å²) in [6.07, 6.45) is 0. The lowest BCUT2D eigenvalue weighted by atomic mass is 10.1. The molecule has 3 heteroatoms. The average molecular weight is 305 g/mol. The lowest BCUT2D eigenvalue weighted by molar-refractivity contribution is 0.0962. The van der Waals surface area contributed by atoms with Crippen LogP contribution in [0.1, 0.15) is 17.3 Å². The van der Waals surface area contributed by atoms with Gasteiger partial charge in [-0.05, 0) is 55.3 Å². The molecule has 116 valence electrons. The minimum absolute atomic E-state index is 0.0832. The molecular weight excluding hydrogens is 286 g/mol. The number of rotatable bonds is 3. The van der Waals surface area contributed by atoms with Crippen LogP contribution in [0.4, 0.5) is 0 Å². The number of allylic oxidation sites excluding steroid dienone is 1. The largest absolute Gasteiger partial charge is 0.497 e. The molecule has 1 heterocycles. The van der Waals surface area contributed by atoms with E-state index in [0.29, 0.717) is 5.57 Å². The third-order valence-corrected chi connectivity index (χ3v) is 4.06. The Kier molecular flexibility index (Phi) is 3.78. The summed E-state index contributed by atoms with van der Waals surface area (Å²) in [6.45, 7) is 7.61. The number of hydrogen-bond acceptors (Lipinski definition) is 2. The second-order valence-corrected chi connectivity index (χ2v) is 5.64. The van der Waals surface area contributed by atoms with Crippen LogP contribution in [0.3, 0.4) is 0 Å². The Labute approximate surface area is 135 Å². The van der Waals surface area contributed by atoms with E-state index >= 15 is 0 Å². The molecule has 0 amide bonds. The van der Waals surface area contributed by atoms with Gasteiger partial charge in [0.05, 0.1) is 18.3 Å². The van der Waals surface area contributed by atoms with Crippen LogP contribution in [0.2, 0.25) is 0 Å². The maximum absolute atomic E-state index is 12.7. The standard InChI is InChI=1S/C20H19NO2/c1-13(2)20(22)21-18-8-6-5-7-17(18)14(3)19(21)15-9-11-16(23-4)12-10-15/h5-12H,1H2,2-4H3. The molecular formula is C20H19NO2. The zero-order valence-corrected chi connectivity index (χ0v) is 13.6. The van der Waals surface area contributed by atoms with Gasteiger partial charge < -0.3 is 4.74 Å². The monoisotopic (exact) mass is 305 g/mol. The van der Waals surface area contributed by atoms with Crippen LogP contribution in [-0.4, -0.2) is 17.6 Å². The third-order valence-electron chi connectivity index (χ3n) is 4.06. The molecule has 0 saturated carbocycles. The molecule has 0 bridgehead atoms. The summed E-state index contributed by atoms with van der Waals surface area (Å²) in [7, 11) is 1.64. The lowest BCUT2D eigenvalue weighted by Crippen LogP contribution is -2.12. The molecule has 0 aliphatic carbocycles. The molecule has 0 saturated heterocycles. The lowest BCUT2D eigenvalue weighted by Gasteiger charge is -2.11. The molecule has 3 aromatic rings. The molecule has 0 atom stereocenters. The number of nitrogens with zero attached hydrogens (tertiary/aromatic N) is 1. The van der Waals surface area contributed by atoms with Crippen molar-refractivity contribution < 1.29 is 9.53 Å². The molecule has 2 aromatic carbocycles. The summed E-state index contributed by atoms with van der Waals surface area (Å²) in [4.78, 5) is 12.7. The van der Waals surface area contributed by atoms with E-state index in [-0.39, 0.29) is 5.91 Å². The van der Waals surface area contributed by atoms with Crippen LogP contribution in [-0.2, 0) is 0 Å². The van der Waals surface area contributed by atoms with Crippen molar-refractivity contribution in [3.63, 3.8) is 0 Å². The maximum Gasteiger partial charge on any atom is 0.257 e. The predicted molar refractivity (Wildman–Crippen MR) is 94.1 cm³/mol. The number of para-hydroxylation sites is 1. The number of benzene rings is 2. The highest BCUT2D eigenvalue weighted by molar-refractivity contribution is 6.06. The smallest absolute Gasteiger partial charge is 0.257 e. The van der Waals surface area contributed by atoms with Crippen molar-refractivity contribution in [2.24, 2.45) is 0 Å². The maximum atomic E-state index is 12.7. The van der Waals surface area contributed by atoms with E-state index in [1.165, 1.54) is 0 Å². The summed E-state index contributed by atoms with van der Waals surface area (Å²) in [6, 6.07) is 15.7. The summed E-state index contributed by atoms with van der Waals surface area (Å²) in [5.41, 5.74) is 4.39. The Balaban J connectivity index is 2.33. The van der Waals surface area contributed by atoms with Crippen molar-refractivity contribution in [1.82, 2.24) is 4.57 Å². The number of ether oxygens (including phenoxy) is 1. The van der Waals surface area contributed by atoms with E-state index in [2.05, 4.69) is 6.58 Å². The third kappa shape index (κ3) is 2.44. The molecule has 0 spiro atoms. The number of fused-ring (bicyclic) bond motifs is 1. The first kappa shape index (κ1) is 15.1. The molecule has 0 fully saturated rings. The van der Waals surface area contributed by atoms with E-state index in [1.54, 1.807) is 18.6 Å². The molecule has 0 aliphatic heterocycles. The van der Waals surface area contributed by atoms with Crippen molar-refractivity contribution in [3.05, 3.63) is 66.2 Å². The molecule has 0 N–H and O–H groups in total. The fourth-order valence-electron chi connectivity index (χ4n) is 2.90. The number of carbonyl (C=O) groups excluding carboxylic acids is 1. The normalized spacial score (nSPS) is 10.7. The Morgan fingerprint density at radius 1 is 1.09 bits per heavy atom. The van der Waals surface area contributed by atoms with Gasteiger partial charge >= 0.3 is 0 Å². The first-order chi connectivity index (χ1) is 11.0. The highest BCUT2D eigenvalue weighted by atomic mass is 16.5. The number of aromatic nitrogens is 1. The Hall–Kier alpha value is -2.81. The van der Waals surface area contributed by atoms with Gasteiger partial charge in [0.1, 0.15) is 5.75 Å². The molecule has 0 radical (unpaired) electrons. The van der Waals surface area contributed by atoms with Gasteiger partial charge in [-0.15, -0.1) is 0 Å². The first-order valence-electron chi connectivity index (χ1n) is 7.49. The minimum Gasteiger partial charge on any atom is -0.497 e. The fraction of sp³-hybridized carbons (Fsp3) is 0.150. The van der Waals surface area contributed by atoms with Gasteiger partial charge in [-0.25, -0.2) is 0 Å². The van der Waals surface area contributed by atoms with Crippen LogP contribution in [0, 0.1) is 6.92 Å². The minimum atomic E-state index is -0.0832. The predicted octanol–water partition coefficient (Wildman–Crippen LogP) is 4.84. The van der Waals surface area contributed by atoms with Crippen molar-refractivity contribution in [2.45, 2.75) is 13.8 Å². The zero-order chi connectivity index (χ0) is 16.6. The molecule has 0 unspecified atom stereocenters. The molecule has 3 rings (SSSR count). The molecule has 3 nitrogen and oxygen atoms in total. The van der Waals surface area contributed by atoms with Gasteiger partial charge in [-0.3, -0.25) is 9.36 Å². The average Bonchev–Trinajstić information content (AvgIpc) is 2.87. The van der Waals surface area contributed by atoms with Gasteiger partial charge in [0.2, 0.25) is 0 Å². The number of methoxy groups -OCH3 is 1. The van der Waals surface area contributed by atoms with Gasteiger partial charge in [-0.1, -0.05) is 24.8 Å². The van der Waals surface area contributed by atoms with E-state index in [1.807, 2.05) is 55.5 Å². The van der Waals surface area contributed by atoms with Crippen molar-refractivity contribution in [3.8, 4) is 17.0 Å². The van der Waals surface area contributed by atoms with E-state index in [0.717, 1.165) is 33.5 Å². The summed E-state index contributed by atoms with van der Waals surface area (Å²) in [5.74, 6) is 0.709. The number of hydrogen-bond donors (Lipinski definition) is 0. The van der Waals surface area contributed by atoms with Crippen molar-refractivity contribution >= 4 is 16.8 Å². The van der Waals surface area contributed by atoms with Crippen LogP contribution in [0.5, 0.6) is 5.75 Å². The van der Waals surface area contributed by atoms with Crippen LogP contribution in [0.25, 0.3) is 22.2 Å². The Bertz CT molecular complexity index is 901. The highest BCUT2D eigenvalue weighted by Crippen LogP contribution is 2.34. The topological polar surface area (TPSA) is 31.2 Å².